The Labute approximate surface area is 849 Å². The highest BCUT2D eigenvalue weighted by molar-refractivity contribution is 7.16. The van der Waals surface area contributed by atoms with Gasteiger partial charge in [-0.2, -0.15) is 0 Å². The van der Waals surface area contributed by atoms with Gasteiger partial charge in [-0.15, -0.1) is 45.3 Å². The zero-order chi connectivity index (χ0) is 100. The Bertz CT molecular complexity index is 7050. The number of rotatable bonds is 25. The average molecular weight is 2020 g/mol. The first-order chi connectivity index (χ1) is 69.5. The fraction of sp³-hybridized carbons (Fsp3) is 0.422. The Morgan fingerprint density at radius 2 is 0.771 bits per heavy atom. The van der Waals surface area contributed by atoms with E-state index in [0.717, 1.165) is 261 Å². The summed E-state index contributed by atoms with van der Waals surface area (Å²) in [6.45, 7) is 27.6. The van der Waals surface area contributed by atoms with Gasteiger partial charge >= 0.3 is 0 Å². The number of anilines is 4. The summed E-state index contributed by atoms with van der Waals surface area (Å²) >= 11 is 5.24. The summed E-state index contributed by atoms with van der Waals surface area (Å²) < 4.78 is 36.2. The van der Waals surface area contributed by atoms with Crippen molar-refractivity contribution in [3.05, 3.63) is 246 Å². The van der Waals surface area contributed by atoms with Crippen molar-refractivity contribution in [2.24, 2.45) is 26.7 Å². The molecule has 10 fully saturated rings. The van der Waals surface area contributed by atoms with Gasteiger partial charge in [-0.25, -0.2) is 28.7 Å². The van der Waals surface area contributed by atoms with Crippen molar-refractivity contribution in [3.63, 3.8) is 0 Å². The van der Waals surface area contributed by atoms with Gasteiger partial charge < -0.3 is 58.7 Å². The smallest absolute Gasteiger partial charge is 0.268 e. The van der Waals surface area contributed by atoms with Crippen molar-refractivity contribution < 1.29 is 57.4 Å². The molecule has 29 nitrogen and oxygen atoms in total. The lowest BCUT2D eigenvalue weighted by molar-refractivity contribution is -0.126. The van der Waals surface area contributed by atoms with Crippen molar-refractivity contribution in [2.45, 2.75) is 210 Å². The number of aryl methyl sites for hydroxylation is 1. The Kier molecular flexibility index (Phi) is 28.2. The topological polar surface area (TPSA) is 346 Å². The minimum Gasteiger partial charge on any atom is -0.393 e. The van der Waals surface area contributed by atoms with E-state index in [1.807, 2.05) is 105 Å². The van der Waals surface area contributed by atoms with Crippen LogP contribution in [0.25, 0.3) is 44.1 Å². The van der Waals surface area contributed by atoms with E-state index in [1.165, 1.54) is 60.8 Å². The SMILES string of the molecule is C=CC(=O)N1CCC2(CC(n3c(NC(=O)c4ccc(C(C)F)s4)nc4cc(CNC5CC(O)C5)ccc43)C2)C1.C=CC(=O)N1CCC2(CC(n3c(NC(=O)c4ccc(C(C)F)s4)nc4cc(CNC5CCC(O)CC5)ccc43)C2)C1.C=CC(=O)N1CCC2(CC(n3c(NC(=O)c4ccc(C)s4)nc4ccccc43)C2)C1.C=CC(=O)N1CCC2(CC(n3c(NC(=O)c4ccc(C5=NCC=C5)s4)nc4ccccc43)C2)C1. The molecule has 144 heavy (non-hydrogen) atoms. The monoisotopic (exact) mass is 2020 g/mol. The number of aliphatic hydroxyl groups excluding tert-OH is 2. The molecule has 4 aromatic carbocycles. The van der Waals surface area contributed by atoms with E-state index in [9.17, 15) is 57.4 Å². The number of carbonyl (C=O) groups is 8. The van der Waals surface area contributed by atoms with Crippen LogP contribution in [0.1, 0.15) is 235 Å². The number of hydrogen-bond acceptors (Lipinski definition) is 21. The number of alkyl halides is 2. The van der Waals surface area contributed by atoms with Gasteiger partial charge in [-0.05, 0) is 297 Å². The van der Waals surface area contributed by atoms with Gasteiger partial charge in [0.2, 0.25) is 47.4 Å². The Morgan fingerprint density at radius 3 is 1.12 bits per heavy atom. The van der Waals surface area contributed by atoms with Gasteiger partial charge in [0, 0.05) is 116 Å². The maximum Gasteiger partial charge on any atom is 0.268 e. The van der Waals surface area contributed by atoms with E-state index in [4.69, 9.17) is 19.9 Å². The number of aliphatic imine (C=N–C) groups is 1. The third-order valence-electron chi connectivity index (χ3n) is 31.3. The number of imidazole rings is 4. The van der Waals surface area contributed by atoms with Crippen LogP contribution in [0.2, 0.25) is 0 Å². The van der Waals surface area contributed by atoms with Crippen molar-refractivity contribution >= 4 is 166 Å². The van der Waals surface area contributed by atoms with Gasteiger partial charge in [0.1, 0.15) is 12.3 Å². The number of allylic oxidation sites excluding steroid dienone is 1. The normalized spacial score (nSPS) is 25.2. The highest BCUT2D eigenvalue weighted by Crippen LogP contribution is 2.60. The molecule has 35 heteroatoms. The number of fused-ring (bicyclic) bond motifs is 4. The van der Waals surface area contributed by atoms with E-state index < -0.39 is 12.3 Å². The molecular weight excluding hydrogens is 1900 g/mol. The van der Waals surface area contributed by atoms with Crippen LogP contribution in [-0.4, -0.2) is 204 Å². The number of halogens is 2. The van der Waals surface area contributed by atoms with Gasteiger partial charge in [0.25, 0.3) is 23.6 Å². The standard InChI is InChI=1S/C31H38FN5O3S.C29H34FN5O3S.C26H25N5O2S.C23H24N4O2S/c1-3-28(39)36-13-12-31(18-36)15-22(16-31)37-25-9-4-20(17-33-21-5-7-23(38)8-6-21)14-24(25)34-30(37)35-29(40)27-11-10-26(41-27)19(2)32;1-3-26(37)34-9-8-29(16-34)13-20(14-29)35-23-5-4-18(15-31-19-11-21(36)12-19)10-22(23)32-28(35)33-27(38)25-7-6-24(39-25)17(2)30;1-2-23(32)30-13-11-26(16-30)14-17(15-26)31-20-8-4-3-6-18(20)28-25(31)29-24(33)22-10-9-21(34-22)19-7-5-12-27-19;1-3-20(28)26-11-10-23(14-26)12-16(13-23)27-18-7-5-4-6-17(18)24-22(27)25-21(29)19-9-8-15(2)30-19/h3-4,9-11,14,19,21-23,33,38H,1,5-8,12-13,15-18H2,2H3,(H,34,35,40);3-7,10,17,19-21,31,36H,1,8-9,11-16H2,2H3,(H,32,33,38);2-10,17H,1,11-16H2,(H,28,29,33);3-9,16H,1,10-14H2,2H3,(H,24,25,29). The van der Waals surface area contributed by atoms with Crippen LogP contribution in [0, 0.1) is 28.6 Å². The Hall–Kier alpha value is -12.6. The molecule has 0 radical (unpaired) electrons. The largest absolute Gasteiger partial charge is 0.393 e. The zero-order valence-corrected chi connectivity index (χ0v) is 84.4. The lowest BCUT2D eigenvalue weighted by Gasteiger charge is -2.46. The lowest BCUT2D eigenvalue weighted by Crippen LogP contribution is -2.43. The number of nitrogens with one attached hydrogen (secondary N) is 6. The zero-order valence-electron chi connectivity index (χ0n) is 81.1. The van der Waals surface area contributed by atoms with Crippen LogP contribution >= 0.6 is 45.3 Å². The fourth-order valence-electron chi connectivity index (χ4n) is 23.5. The summed E-state index contributed by atoms with van der Waals surface area (Å²) in [5.74, 6) is 1.28. The molecule has 12 aromatic rings. The molecular formula is C109H121F2N19O10S4. The van der Waals surface area contributed by atoms with Crippen LogP contribution < -0.4 is 31.9 Å². The molecule has 2 unspecified atom stereocenters. The molecule has 6 saturated carbocycles. The molecule has 8 amide bonds. The van der Waals surface area contributed by atoms with Gasteiger partial charge in [0.15, 0.2) is 0 Å². The van der Waals surface area contributed by atoms with E-state index in [1.54, 1.807) is 24.3 Å². The first-order valence-corrected chi connectivity index (χ1v) is 53.3. The van der Waals surface area contributed by atoms with Gasteiger partial charge in [-0.3, -0.25) is 64.6 Å². The number of para-hydroxylation sites is 4. The first-order valence-electron chi connectivity index (χ1n) is 50.0. The molecule has 750 valence electrons. The molecule has 8 N–H and O–H groups in total. The minimum absolute atomic E-state index is 0.00994. The predicted octanol–water partition coefficient (Wildman–Crippen LogP) is 19.1. The molecule has 4 spiro atoms. The lowest BCUT2D eigenvalue weighted by atomic mass is 9.64. The number of hydrogen-bond donors (Lipinski definition) is 8. The summed E-state index contributed by atoms with van der Waals surface area (Å²) in [7, 11) is 0. The molecule has 13 heterocycles. The maximum atomic E-state index is 13.8. The first kappa shape index (κ1) is 98.8. The summed E-state index contributed by atoms with van der Waals surface area (Å²) in [5, 5.41) is 38.6. The van der Waals surface area contributed by atoms with E-state index in [0.29, 0.717) is 84.8 Å². The molecule has 11 aliphatic rings. The molecule has 8 aromatic heterocycles. The summed E-state index contributed by atoms with van der Waals surface area (Å²) in [5.41, 5.74) is 11.0. The summed E-state index contributed by atoms with van der Waals surface area (Å²) in [6.07, 6.45) is 23.6. The number of likely N-dealkylation sites (tertiary alicyclic amines) is 4. The van der Waals surface area contributed by atoms with Crippen molar-refractivity contribution in [1.82, 2.24) is 68.4 Å². The second kappa shape index (κ2) is 41.1. The molecule has 2 atom stereocenters. The molecule has 0 bridgehead atoms. The number of thiophene rings is 4. The van der Waals surface area contributed by atoms with Crippen LogP contribution in [0.4, 0.5) is 32.6 Å². The average Bonchev–Trinajstić information content (AvgIpc) is 1.58. The number of amides is 8. The van der Waals surface area contributed by atoms with Crippen molar-refractivity contribution in [2.75, 3.05) is 80.2 Å². The second-order valence-electron chi connectivity index (χ2n) is 41.2. The summed E-state index contributed by atoms with van der Waals surface area (Å²) in [4.78, 5) is 137. The minimum atomic E-state index is -1.12. The Morgan fingerprint density at radius 1 is 0.424 bits per heavy atom. The van der Waals surface area contributed by atoms with E-state index in [-0.39, 0.29) is 105 Å². The third-order valence-corrected chi connectivity index (χ3v) is 35.9. The maximum absolute atomic E-state index is 13.8. The van der Waals surface area contributed by atoms with Crippen molar-refractivity contribution in [1.29, 1.82) is 0 Å². The molecule has 5 aliphatic heterocycles. The number of nitrogens with zero attached hydrogens (tertiary/aromatic N) is 13. The van der Waals surface area contributed by atoms with Gasteiger partial charge in [0.05, 0.1) is 93.0 Å². The number of carbonyl (C=O) groups excluding carboxylic acids is 8. The van der Waals surface area contributed by atoms with Crippen LogP contribution in [-0.2, 0) is 32.3 Å². The molecule has 6 aliphatic carbocycles. The van der Waals surface area contributed by atoms with Gasteiger partial charge in [-0.1, -0.05) is 68.8 Å². The van der Waals surface area contributed by atoms with Crippen LogP contribution in [0.15, 0.2) is 201 Å². The predicted molar refractivity (Wildman–Crippen MR) is 562 cm³/mol. The number of aromatic nitrogens is 8. The molecule has 4 saturated heterocycles. The van der Waals surface area contributed by atoms with Crippen LogP contribution in [0.5, 0.6) is 0 Å². The second-order valence-corrected chi connectivity index (χ2v) is 45.8. The quantitative estimate of drug-likeness (QED) is 0.0246. The highest BCUT2D eigenvalue weighted by atomic mass is 32.1. The molecule has 23 rings (SSSR count). The third kappa shape index (κ3) is 20.5. The number of benzene rings is 4. The van der Waals surface area contributed by atoms with E-state index in [2.05, 4.69) is 124 Å². The van der Waals surface area contributed by atoms with E-state index >= 15 is 0 Å². The van der Waals surface area contributed by atoms with Crippen molar-refractivity contribution in [3.8, 4) is 0 Å². The number of aliphatic hydroxyl groups is 2. The Balaban J connectivity index is 0.000000118. The van der Waals surface area contributed by atoms with Crippen LogP contribution in [0.3, 0.4) is 0 Å². The highest BCUT2D eigenvalue weighted by Gasteiger charge is 2.55. The fourth-order valence-corrected chi connectivity index (χ4v) is 26.8. The summed E-state index contributed by atoms with van der Waals surface area (Å²) in [6, 6.07) is 44.2.